The van der Waals surface area contributed by atoms with Gasteiger partial charge in [-0.25, -0.2) is 8.78 Å². The third kappa shape index (κ3) is 3.19. The zero-order valence-corrected chi connectivity index (χ0v) is 14.3. The van der Waals surface area contributed by atoms with Crippen molar-refractivity contribution in [2.24, 2.45) is 11.8 Å². The highest BCUT2D eigenvalue weighted by molar-refractivity contribution is 5.99. The lowest BCUT2D eigenvalue weighted by atomic mass is 9.82. The number of ether oxygens (including phenoxy) is 2. The molecule has 1 aromatic rings. The van der Waals surface area contributed by atoms with Crippen molar-refractivity contribution in [3.05, 3.63) is 28.8 Å². The number of carbonyl (C=O) groups is 2. The number of carbonyl (C=O) groups excluding carboxylic acids is 2. The molecule has 3 rings (SSSR count). The van der Waals surface area contributed by atoms with Gasteiger partial charge in [0.1, 0.15) is 0 Å². The number of rotatable bonds is 4. The average molecular weight is 353 g/mol. The van der Waals surface area contributed by atoms with E-state index in [1.165, 1.54) is 20.3 Å². The van der Waals surface area contributed by atoms with E-state index >= 15 is 0 Å². The summed E-state index contributed by atoms with van der Waals surface area (Å²) in [5.41, 5.74) is 0.255. The summed E-state index contributed by atoms with van der Waals surface area (Å²) in [4.78, 5) is 25.6. The minimum Gasteiger partial charge on any atom is -0.491 e. The summed E-state index contributed by atoms with van der Waals surface area (Å²) in [6, 6.07) is 1.17. The highest BCUT2D eigenvalue weighted by Crippen LogP contribution is 2.35. The smallest absolute Gasteiger partial charge is 0.308 e. The quantitative estimate of drug-likeness (QED) is 0.781. The fourth-order valence-electron chi connectivity index (χ4n) is 3.84. The molecule has 1 aromatic carbocycles. The average Bonchev–Trinajstić information content (AvgIpc) is 2.90. The molecule has 1 heterocycles. The van der Waals surface area contributed by atoms with Crippen molar-refractivity contribution >= 4 is 11.9 Å². The van der Waals surface area contributed by atoms with Crippen LogP contribution in [0.15, 0.2) is 6.07 Å². The first kappa shape index (κ1) is 17.6. The predicted molar refractivity (Wildman–Crippen MR) is 85.1 cm³/mol. The number of benzene rings is 1. The molecule has 0 unspecified atom stereocenters. The third-order valence-electron chi connectivity index (χ3n) is 5.18. The molecule has 1 fully saturated rings. The van der Waals surface area contributed by atoms with Crippen LogP contribution in [-0.2, 0) is 16.1 Å². The van der Waals surface area contributed by atoms with Crippen molar-refractivity contribution in [1.29, 1.82) is 0 Å². The lowest BCUT2D eigenvalue weighted by Crippen LogP contribution is -2.33. The van der Waals surface area contributed by atoms with Crippen LogP contribution in [0, 0.1) is 23.5 Å². The summed E-state index contributed by atoms with van der Waals surface area (Å²) in [5, 5.41) is 0. The van der Waals surface area contributed by atoms with Crippen LogP contribution in [0.25, 0.3) is 0 Å². The second-order valence-electron chi connectivity index (χ2n) is 6.67. The molecule has 0 bridgehead atoms. The van der Waals surface area contributed by atoms with E-state index in [2.05, 4.69) is 0 Å². The SMILES string of the molecule is COc1c(F)cc2c(c1F)C(=O)N(C[C@H]1CC[C@H](C(=O)OC)CC1)C2. The Morgan fingerprint density at radius 3 is 2.52 bits per heavy atom. The Kier molecular flexibility index (Phi) is 4.92. The topological polar surface area (TPSA) is 55.8 Å². The number of hydrogen-bond donors (Lipinski definition) is 0. The van der Waals surface area contributed by atoms with E-state index in [1.54, 1.807) is 4.90 Å². The number of methoxy groups -OCH3 is 2. The van der Waals surface area contributed by atoms with Gasteiger partial charge in [0, 0.05) is 13.1 Å². The maximum Gasteiger partial charge on any atom is 0.308 e. The molecule has 0 aromatic heterocycles. The van der Waals surface area contributed by atoms with Crippen molar-refractivity contribution in [2.45, 2.75) is 32.2 Å². The van der Waals surface area contributed by atoms with E-state index in [0.717, 1.165) is 25.7 Å². The molecule has 0 spiro atoms. The van der Waals surface area contributed by atoms with E-state index in [4.69, 9.17) is 9.47 Å². The monoisotopic (exact) mass is 353 g/mol. The largest absolute Gasteiger partial charge is 0.491 e. The van der Waals surface area contributed by atoms with Gasteiger partial charge < -0.3 is 14.4 Å². The Bertz CT molecular complexity index is 699. The molecular formula is C18H21F2NO4. The molecule has 1 amide bonds. The number of esters is 1. The van der Waals surface area contributed by atoms with Gasteiger partial charge in [0.15, 0.2) is 17.4 Å². The summed E-state index contributed by atoms with van der Waals surface area (Å²) in [6.07, 6.45) is 3.06. The molecule has 2 aliphatic rings. The van der Waals surface area contributed by atoms with Crippen molar-refractivity contribution in [2.75, 3.05) is 20.8 Å². The molecule has 136 valence electrons. The summed E-state index contributed by atoms with van der Waals surface area (Å²) < 4.78 is 37.7. The second kappa shape index (κ2) is 6.98. The van der Waals surface area contributed by atoms with Crippen molar-refractivity contribution < 1.29 is 27.8 Å². The van der Waals surface area contributed by atoms with Gasteiger partial charge in [-0.1, -0.05) is 0 Å². The third-order valence-corrected chi connectivity index (χ3v) is 5.18. The van der Waals surface area contributed by atoms with E-state index in [1.807, 2.05) is 0 Å². The van der Waals surface area contributed by atoms with E-state index in [9.17, 15) is 18.4 Å². The molecule has 7 heteroatoms. The predicted octanol–water partition coefficient (Wildman–Crippen LogP) is 2.91. The molecule has 1 aliphatic heterocycles. The maximum atomic E-state index is 14.4. The van der Waals surface area contributed by atoms with E-state index in [-0.39, 0.29) is 29.9 Å². The fraction of sp³-hybridized carbons (Fsp3) is 0.556. The molecule has 0 radical (unpaired) electrons. The number of amides is 1. The summed E-state index contributed by atoms with van der Waals surface area (Å²) in [7, 11) is 2.56. The van der Waals surface area contributed by atoms with Crippen molar-refractivity contribution in [3.8, 4) is 5.75 Å². The highest BCUT2D eigenvalue weighted by Gasteiger charge is 2.36. The van der Waals surface area contributed by atoms with Gasteiger partial charge in [-0.2, -0.15) is 0 Å². The lowest BCUT2D eigenvalue weighted by Gasteiger charge is -2.30. The summed E-state index contributed by atoms with van der Waals surface area (Å²) in [5.74, 6) is -2.70. The van der Waals surface area contributed by atoms with Gasteiger partial charge in [0.2, 0.25) is 0 Å². The van der Waals surface area contributed by atoms with Crippen LogP contribution in [0.1, 0.15) is 41.6 Å². The first-order chi connectivity index (χ1) is 12.0. The van der Waals surface area contributed by atoms with Crippen LogP contribution in [0.5, 0.6) is 5.75 Å². The standard InChI is InChI=1S/C18H21F2NO4/c1-24-16-13(19)7-12-9-21(17(22)14(12)15(16)20)8-10-3-5-11(6-4-10)18(23)25-2/h7,10-11H,3-6,8-9H2,1-2H3/t10-,11-. The normalized spacial score (nSPS) is 22.7. The molecule has 5 nitrogen and oxygen atoms in total. The molecule has 25 heavy (non-hydrogen) atoms. The van der Waals surface area contributed by atoms with Gasteiger partial charge in [0.25, 0.3) is 5.91 Å². The second-order valence-corrected chi connectivity index (χ2v) is 6.67. The Labute approximate surface area is 144 Å². The molecule has 1 aliphatic carbocycles. The van der Waals surface area contributed by atoms with Crippen LogP contribution in [0.2, 0.25) is 0 Å². The molecule has 0 N–H and O–H groups in total. The molecule has 1 saturated carbocycles. The van der Waals surface area contributed by atoms with Gasteiger partial charge in [-0.3, -0.25) is 9.59 Å². The van der Waals surface area contributed by atoms with Crippen LogP contribution < -0.4 is 4.74 Å². The van der Waals surface area contributed by atoms with Crippen LogP contribution in [0.3, 0.4) is 0 Å². The Morgan fingerprint density at radius 1 is 1.24 bits per heavy atom. The number of nitrogens with zero attached hydrogens (tertiary/aromatic N) is 1. The zero-order chi connectivity index (χ0) is 18.1. The van der Waals surface area contributed by atoms with Gasteiger partial charge in [-0.05, 0) is 43.2 Å². The molecular weight excluding hydrogens is 332 g/mol. The zero-order valence-electron chi connectivity index (χ0n) is 14.3. The number of hydrogen-bond acceptors (Lipinski definition) is 4. The van der Waals surface area contributed by atoms with E-state index in [0.29, 0.717) is 12.1 Å². The number of halogens is 2. The van der Waals surface area contributed by atoms with Crippen molar-refractivity contribution in [3.63, 3.8) is 0 Å². The minimum atomic E-state index is -0.931. The number of fused-ring (bicyclic) bond motifs is 1. The Morgan fingerprint density at radius 2 is 1.92 bits per heavy atom. The highest BCUT2D eigenvalue weighted by atomic mass is 19.1. The van der Waals surface area contributed by atoms with Crippen molar-refractivity contribution in [1.82, 2.24) is 4.90 Å². The minimum absolute atomic E-state index is 0.0801. The maximum absolute atomic E-state index is 14.4. The van der Waals surface area contributed by atoms with Crippen LogP contribution >= 0.6 is 0 Å². The molecule has 0 atom stereocenters. The van der Waals surface area contributed by atoms with Crippen LogP contribution in [-0.4, -0.2) is 37.5 Å². The molecule has 0 saturated heterocycles. The first-order valence-electron chi connectivity index (χ1n) is 8.38. The lowest BCUT2D eigenvalue weighted by molar-refractivity contribution is -0.146. The Hall–Kier alpha value is -2.18. The fourth-order valence-corrected chi connectivity index (χ4v) is 3.84. The van der Waals surface area contributed by atoms with Crippen LogP contribution in [0.4, 0.5) is 8.78 Å². The Balaban J connectivity index is 1.67. The van der Waals surface area contributed by atoms with Gasteiger partial charge in [0.05, 0.1) is 25.7 Å². The van der Waals surface area contributed by atoms with Gasteiger partial charge in [-0.15, -0.1) is 0 Å². The summed E-state index contributed by atoms with van der Waals surface area (Å²) >= 11 is 0. The van der Waals surface area contributed by atoms with E-state index < -0.39 is 23.3 Å². The first-order valence-corrected chi connectivity index (χ1v) is 8.38. The summed E-state index contributed by atoms with van der Waals surface area (Å²) in [6.45, 7) is 0.674. The van der Waals surface area contributed by atoms with Gasteiger partial charge >= 0.3 is 5.97 Å².